The highest BCUT2D eigenvalue weighted by atomic mass is 79.9. The first-order valence-corrected chi connectivity index (χ1v) is 12.9. The van der Waals surface area contributed by atoms with E-state index in [2.05, 4.69) is 31.3 Å². The van der Waals surface area contributed by atoms with E-state index >= 15 is 0 Å². The molecule has 0 bridgehead atoms. The second kappa shape index (κ2) is 13.0. The van der Waals surface area contributed by atoms with Crippen LogP contribution in [0, 0.1) is 17.5 Å². The zero-order valence-electron chi connectivity index (χ0n) is 21.2. The molecule has 4 N–H and O–H groups in total. The first-order chi connectivity index (χ1) is 19.8. The van der Waals surface area contributed by atoms with Gasteiger partial charge in [0.2, 0.25) is 5.91 Å². The minimum atomic E-state index is -3.26. The van der Waals surface area contributed by atoms with Crippen molar-refractivity contribution < 1.29 is 40.6 Å². The number of benzene rings is 2. The fourth-order valence-corrected chi connectivity index (χ4v) is 5.00. The van der Waals surface area contributed by atoms with Gasteiger partial charge in [-0.3, -0.25) is 14.5 Å². The Kier molecular flexibility index (Phi) is 9.64. The van der Waals surface area contributed by atoms with E-state index in [9.17, 15) is 40.6 Å². The Labute approximate surface area is 242 Å². The maximum atomic E-state index is 14.2. The topological polar surface area (TPSA) is 106 Å². The molecule has 0 radical (unpaired) electrons. The summed E-state index contributed by atoms with van der Waals surface area (Å²) in [6.07, 6.45) is -7.04. The third kappa shape index (κ3) is 6.97. The molecular weight excluding hydrogens is 639 g/mol. The van der Waals surface area contributed by atoms with Gasteiger partial charge in [0.1, 0.15) is 41.6 Å². The van der Waals surface area contributed by atoms with Crippen LogP contribution in [0.2, 0.25) is 0 Å². The lowest BCUT2D eigenvalue weighted by atomic mass is 9.94. The molecule has 1 amide bonds. The predicted molar refractivity (Wildman–Crippen MR) is 140 cm³/mol. The molecule has 222 valence electrons. The number of nitrogens with one attached hydrogen (secondary N) is 1. The maximum Gasteiger partial charge on any atom is 0.283 e. The van der Waals surface area contributed by atoms with Gasteiger partial charge < -0.3 is 16.2 Å². The van der Waals surface area contributed by atoms with Crippen molar-refractivity contribution in [3.63, 3.8) is 0 Å². The summed E-state index contributed by atoms with van der Waals surface area (Å²) in [5.41, 5.74) is 4.10. The molecular formula is C27H21BrF7N5O2. The fourth-order valence-electron chi connectivity index (χ4n) is 4.37. The highest BCUT2D eigenvalue weighted by Crippen LogP contribution is 2.35. The minimum Gasteiger partial charge on any atom is -0.374 e. The maximum absolute atomic E-state index is 14.2. The van der Waals surface area contributed by atoms with Gasteiger partial charge in [-0.1, -0.05) is 12.1 Å². The summed E-state index contributed by atoms with van der Waals surface area (Å²) in [5, 5.41) is 15.8. The molecule has 0 saturated carbocycles. The molecule has 0 saturated heterocycles. The summed E-state index contributed by atoms with van der Waals surface area (Å²) >= 11 is 2.69. The Morgan fingerprint density at radius 3 is 2.31 bits per heavy atom. The number of aliphatic hydroxyl groups is 1. The standard InChI is InChI=1S/C27H21BrF7N5O2/c28-21-23(25(32)33)39-40(24(21)26(34)35)11-20(41)38-19(8-12-6-14(29)10-15(30)7-12)22-16(2-1-5-37-22)13-3-4-18(31)17(9-13)27(36)42/h1-7,9-10,19,25-27,42H,8,11,36H2,(H,38,41)/t19-,27?/m0/s1. The smallest absolute Gasteiger partial charge is 0.283 e. The summed E-state index contributed by atoms with van der Waals surface area (Å²) in [4.78, 5) is 17.4. The summed E-state index contributed by atoms with van der Waals surface area (Å²) in [6, 6.07) is 8.22. The van der Waals surface area contributed by atoms with E-state index in [0.29, 0.717) is 21.9 Å². The van der Waals surface area contributed by atoms with Crippen LogP contribution in [0.5, 0.6) is 0 Å². The number of carbonyl (C=O) groups excluding carboxylic acids is 1. The number of hydrogen-bond donors (Lipinski definition) is 3. The number of amides is 1. The molecule has 4 aromatic rings. The van der Waals surface area contributed by atoms with Crippen molar-refractivity contribution in [3.8, 4) is 11.1 Å². The highest BCUT2D eigenvalue weighted by molar-refractivity contribution is 9.10. The van der Waals surface area contributed by atoms with Gasteiger partial charge in [-0.25, -0.2) is 30.7 Å². The Balaban J connectivity index is 1.75. The van der Waals surface area contributed by atoms with Crippen LogP contribution in [0.15, 0.2) is 59.2 Å². The van der Waals surface area contributed by atoms with E-state index in [1.54, 1.807) is 6.07 Å². The molecule has 0 aliphatic carbocycles. The monoisotopic (exact) mass is 659 g/mol. The third-order valence-electron chi connectivity index (χ3n) is 6.15. The van der Waals surface area contributed by atoms with E-state index in [0.717, 1.165) is 18.2 Å². The summed E-state index contributed by atoms with van der Waals surface area (Å²) < 4.78 is 95.9. The van der Waals surface area contributed by atoms with Crippen LogP contribution in [0.4, 0.5) is 30.7 Å². The Bertz CT molecular complexity index is 1580. The molecule has 1 unspecified atom stereocenters. The first kappa shape index (κ1) is 31.1. The highest BCUT2D eigenvalue weighted by Gasteiger charge is 2.29. The molecule has 4 rings (SSSR count). The average molecular weight is 660 g/mol. The van der Waals surface area contributed by atoms with Crippen LogP contribution >= 0.6 is 15.9 Å². The van der Waals surface area contributed by atoms with Crippen LogP contribution in [-0.2, 0) is 17.8 Å². The van der Waals surface area contributed by atoms with E-state index in [-0.39, 0.29) is 23.2 Å². The number of nitrogens with zero attached hydrogens (tertiary/aromatic N) is 3. The van der Waals surface area contributed by atoms with E-state index < -0.39 is 70.9 Å². The van der Waals surface area contributed by atoms with E-state index in [4.69, 9.17) is 5.73 Å². The average Bonchev–Trinajstić information content (AvgIpc) is 3.23. The van der Waals surface area contributed by atoms with Gasteiger partial charge in [-0.05, 0) is 63.8 Å². The van der Waals surface area contributed by atoms with Crippen molar-refractivity contribution in [3.05, 3.63) is 105 Å². The lowest BCUT2D eigenvalue weighted by molar-refractivity contribution is -0.122. The fraction of sp³-hybridized carbons (Fsp3) is 0.222. The molecule has 2 atom stereocenters. The van der Waals surface area contributed by atoms with Crippen LogP contribution in [-0.4, -0.2) is 25.8 Å². The van der Waals surface area contributed by atoms with Crippen LogP contribution in [0.25, 0.3) is 11.1 Å². The molecule has 0 fully saturated rings. The molecule has 0 spiro atoms. The number of alkyl halides is 4. The van der Waals surface area contributed by atoms with E-state index in [1.165, 1.54) is 24.4 Å². The number of nitrogens with two attached hydrogens (primary N) is 1. The van der Waals surface area contributed by atoms with Gasteiger partial charge in [0.15, 0.2) is 0 Å². The minimum absolute atomic E-state index is 0.0849. The molecule has 0 aliphatic heterocycles. The molecule has 2 aromatic heterocycles. The SMILES string of the molecule is NC(O)c1cc(-c2cccnc2[C@H](Cc2cc(F)cc(F)c2)NC(=O)Cn2nc(C(F)F)c(Br)c2C(F)F)ccc1F. The number of pyridine rings is 1. The quantitative estimate of drug-likeness (QED) is 0.142. The summed E-state index contributed by atoms with van der Waals surface area (Å²) in [7, 11) is 0. The van der Waals surface area contributed by atoms with Crippen molar-refractivity contribution >= 4 is 21.8 Å². The second-order valence-electron chi connectivity index (χ2n) is 9.06. The van der Waals surface area contributed by atoms with Gasteiger partial charge in [0.25, 0.3) is 12.9 Å². The summed E-state index contributed by atoms with van der Waals surface area (Å²) in [6.45, 7) is -0.915. The zero-order chi connectivity index (χ0) is 30.7. The molecule has 15 heteroatoms. The zero-order valence-corrected chi connectivity index (χ0v) is 22.8. The van der Waals surface area contributed by atoms with Crippen molar-refractivity contribution in [1.29, 1.82) is 0 Å². The molecule has 0 aliphatic rings. The van der Waals surface area contributed by atoms with E-state index in [1.807, 2.05) is 0 Å². The second-order valence-corrected chi connectivity index (χ2v) is 9.86. The molecule has 7 nitrogen and oxygen atoms in total. The number of aliphatic hydroxyl groups excluding tert-OH is 1. The van der Waals surface area contributed by atoms with Gasteiger partial charge >= 0.3 is 0 Å². The van der Waals surface area contributed by atoms with Gasteiger partial charge in [-0.2, -0.15) is 5.10 Å². The van der Waals surface area contributed by atoms with Crippen molar-refractivity contribution in [2.45, 2.75) is 38.1 Å². The lowest BCUT2D eigenvalue weighted by Crippen LogP contribution is -2.34. The Morgan fingerprint density at radius 2 is 1.69 bits per heavy atom. The molecule has 42 heavy (non-hydrogen) atoms. The number of rotatable bonds is 10. The first-order valence-electron chi connectivity index (χ1n) is 12.1. The number of hydrogen-bond acceptors (Lipinski definition) is 5. The van der Waals surface area contributed by atoms with Crippen molar-refractivity contribution in [2.24, 2.45) is 5.73 Å². The summed E-state index contributed by atoms with van der Waals surface area (Å²) in [5.74, 6) is -3.57. The normalized spacial score (nSPS) is 13.0. The predicted octanol–water partition coefficient (Wildman–Crippen LogP) is 6.05. The molecule has 2 heterocycles. The largest absolute Gasteiger partial charge is 0.374 e. The Morgan fingerprint density at radius 1 is 1.00 bits per heavy atom. The van der Waals surface area contributed by atoms with Gasteiger partial charge in [0, 0.05) is 23.4 Å². The number of aromatic nitrogens is 3. The van der Waals surface area contributed by atoms with Crippen LogP contribution in [0.1, 0.15) is 53.3 Å². The van der Waals surface area contributed by atoms with Gasteiger partial charge in [0.05, 0.1) is 16.2 Å². The lowest BCUT2D eigenvalue weighted by Gasteiger charge is -2.22. The number of halogens is 8. The molecule has 2 aromatic carbocycles. The Hall–Kier alpha value is -3.82. The van der Waals surface area contributed by atoms with Gasteiger partial charge in [-0.15, -0.1) is 0 Å². The number of carbonyl (C=O) groups is 1. The third-order valence-corrected chi connectivity index (χ3v) is 6.97. The van der Waals surface area contributed by atoms with Crippen LogP contribution < -0.4 is 11.1 Å². The van der Waals surface area contributed by atoms with Crippen molar-refractivity contribution in [1.82, 2.24) is 20.1 Å². The van der Waals surface area contributed by atoms with Crippen LogP contribution in [0.3, 0.4) is 0 Å². The van der Waals surface area contributed by atoms with Crippen molar-refractivity contribution in [2.75, 3.05) is 0 Å².